The zero-order valence-corrected chi connectivity index (χ0v) is 11.9. The van der Waals surface area contributed by atoms with Crippen molar-refractivity contribution < 1.29 is 9.72 Å². The number of nitro benzene ring substituents is 1. The Morgan fingerprint density at radius 2 is 2.10 bits per heavy atom. The molecule has 0 aliphatic heterocycles. The molecule has 0 unspecified atom stereocenters. The number of benzene rings is 1. The van der Waals surface area contributed by atoms with Gasteiger partial charge in [-0.2, -0.15) is 5.10 Å². The van der Waals surface area contributed by atoms with Crippen molar-refractivity contribution in [3.63, 3.8) is 0 Å². The maximum atomic E-state index is 11.5. The van der Waals surface area contributed by atoms with Gasteiger partial charge in [0.05, 0.1) is 16.3 Å². The standard InChI is InChI=1S/C13H15N5O3/c1-8-11(7-17(3)16-8)15-10-5-4-9(13(19)14-2)6-12(10)18(20)21/h4-7,15H,1-3H3,(H,14,19). The van der Waals surface area contributed by atoms with Gasteiger partial charge in [-0.3, -0.25) is 19.6 Å². The van der Waals surface area contributed by atoms with Gasteiger partial charge in [0.15, 0.2) is 0 Å². The molecule has 0 radical (unpaired) electrons. The second-order valence-corrected chi connectivity index (χ2v) is 4.50. The van der Waals surface area contributed by atoms with Crippen molar-refractivity contribution in [2.24, 2.45) is 7.05 Å². The third-order valence-electron chi connectivity index (χ3n) is 2.97. The molecule has 0 aliphatic rings. The SMILES string of the molecule is CNC(=O)c1ccc(Nc2cn(C)nc2C)c([N+](=O)[O-])c1. The largest absolute Gasteiger partial charge is 0.355 e. The van der Waals surface area contributed by atoms with Crippen molar-refractivity contribution >= 4 is 23.0 Å². The number of nitrogens with zero attached hydrogens (tertiary/aromatic N) is 3. The second-order valence-electron chi connectivity index (χ2n) is 4.50. The second kappa shape index (κ2) is 5.61. The molecule has 2 rings (SSSR count). The highest BCUT2D eigenvalue weighted by molar-refractivity contribution is 5.95. The minimum Gasteiger partial charge on any atom is -0.355 e. The molecule has 0 aliphatic carbocycles. The number of anilines is 2. The van der Waals surface area contributed by atoms with Gasteiger partial charge in [0, 0.05) is 31.9 Å². The Balaban J connectivity index is 2.41. The van der Waals surface area contributed by atoms with Crippen LogP contribution >= 0.6 is 0 Å². The molecule has 0 atom stereocenters. The molecule has 21 heavy (non-hydrogen) atoms. The molecule has 0 saturated carbocycles. The van der Waals surface area contributed by atoms with Gasteiger partial charge in [-0.25, -0.2) is 0 Å². The van der Waals surface area contributed by atoms with Crippen LogP contribution < -0.4 is 10.6 Å². The third kappa shape index (κ3) is 2.99. The molecule has 2 aromatic rings. The first-order valence-corrected chi connectivity index (χ1v) is 6.20. The molecule has 2 N–H and O–H groups in total. The predicted molar refractivity (Wildman–Crippen MR) is 77.7 cm³/mol. The number of amides is 1. The van der Waals surface area contributed by atoms with E-state index in [1.54, 1.807) is 24.9 Å². The Hall–Kier alpha value is -2.90. The Kier molecular flexibility index (Phi) is 3.88. The van der Waals surface area contributed by atoms with Crippen LogP contribution in [-0.2, 0) is 7.05 Å². The summed E-state index contributed by atoms with van der Waals surface area (Å²) in [5.74, 6) is -0.373. The summed E-state index contributed by atoms with van der Waals surface area (Å²) in [6.07, 6.45) is 1.73. The van der Waals surface area contributed by atoms with E-state index in [2.05, 4.69) is 15.7 Å². The van der Waals surface area contributed by atoms with E-state index >= 15 is 0 Å². The highest BCUT2D eigenvalue weighted by Crippen LogP contribution is 2.29. The van der Waals surface area contributed by atoms with E-state index < -0.39 is 4.92 Å². The van der Waals surface area contributed by atoms with E-state index in [0.717, 1.165) is 5.69 Å². The molecule has 0 saturated heterocycles. The first-order valence-electron chi connectivity index (χ1n) is 6.20. The smallest absolute Gasteiger partial charge is 0.293 e. The van der Waals surface area contributed by atoms with E-state index in [1.165, 1.54) is 25.2 Å². The number of nitro groups is 1. The maximum Gasteiger partial charge on any atom is 0.293 e. The zero-order valence-electron chi connectivity index (χ0n) is 11.9. The average molecular weight is 289 g/mol. The van der Waals surface area contributed by atoms with Crippen LogP contribution in [0, 0.1) is 17.0 Å². The van der Waals surface area contributed by atoms with Crippen LogP contribution in [0.5, 0.6) is 0 Å². The zero-order chi connectivity index (χ0) is 15.6. The third-order valence-corrected chi connectivity index (χ3v) is 2.97. The van der Waals surface area contributed by atoms with Gasteiger partial charge in [0.25, 0.3) is 11.6 Å². The van der Waals surface area contributed by atoms with Gasteiger partial charge in [-0.15, -0.1) is 0 Å². The van der Waals surface area contributed by atoms with Crippen molar-refractivity contribution in [1.29, 1.82) is 0 Å². The minimum absolute atomic E-state index is 0.167. The number of carbonyl (C=O) groups excluding carboxylic acids is 1. The fourth-order valence-corrected chi connectivity index (χ4v) is 1.94. The molecule has 1 aromatic carbocycles. The Bertz CT molecular complexity index is 708. The molecule has 8 heteroatoms. The molecule has 1 aromatic heterocycles. The number of aryl methyl sites for hydroxylation is 2. The van der Waals surface area contributed by atoms with Crippen LogP contribution in [0.25, 0.3) is 0 Å². The van der Waals surface area contributed by atoms with Crippen LogP contribution in [0.3, 0.4) is 0 Å². The van der Waals surface area contributed by atoms with Crippen molar-refractivity contribution in [3.05, 3.63) is 45.8 Å². The number of nitrogens with one attached hydrogen (secondary N) is 2. The van der Waals surface area contributed by atoms with E-state index in [9.17, 15) is 14.9 Å². The lowest BCUT2D eigenvalue weighted by molar-refractivity contribution is -0.383. The Labute approximate surface area is 120 Å². The average Bonchev–Trinajstić information content (AvgIpc) is 2.76. The summed E-state index contributed by atoms with van der Waals surface area (Å²) in [6, 6.07) is 4.28. The van der Waals surface area contributed by atoms with E-state index in [-0.39, 0.29) is 17.2 Å². The first kappa shape index (κ1) is 14.5. The number of hydrogen-bond acceptors (Lipinski definition) is 5. The van der Waals surface area contributed by atoms with Crippen LogP contribution in [0.4, 0.5) is 17.1 Å². The van der Waals surface area contributed by atoms with Crippen molar-refractivity contribution in [2.45, 2.75) is 6.92 Å². The van der Waals surface area contributed by atoms with E-state index in [1.807, 2.05) is 0 Å². The monoisotopic (exact) mass is 289 g/mol. The van der Waals surface area contributed by atoms with Crippen LogP contribution in [0.2, 0.25) is 0 Å². The van der Waals surface area contributed by atoms with Gasteiger partial charge >= 0.3 is 0 Å². The molecule has 0 spiro atoms. The summed E-state index contributed by atoms with van der Waals surface area (Å²) in [6.45, 7) is 1.80. The summed E-state index contributed by atoms with van der Waals surface area (Å²) in [7, 11) is 3.24. The predicted octanol–water partition coefficient (Wildman–Crippen LogP) is 1.74. The highest BCUT2D eigenvalue weighted by atomic mass is 16.6. The quantitative estimate of drug-likeness (QED) is 0.659. The first-order chi connectivity index (χ1) is 9.92. The molecular formula is C13H15N5O3. The number of carbonyl (C=O) groups is 1. The molecule has 1 heterocycles. The van der Waals surface area contributed by atoms with Crippen LogP contribution in [0.15, 0.2) is 24.4 Å². The van der Waals surface area contributed by atoms with Gasteiger partial charge in [0.2, 0.25) is 0 Å². The van der Waals surface area contributed by atoms with Crippen molar-refractivity contribution in [3.8, 4) is 0 Å². The molecule has 0 fully saturated rings. The van der Waals surface area contributed by atoms with Gasteiger partial charge in [0.1, 0.15) is 5.69 Å². The van der Waals surface area contributed by atoms with Gasteiger partial charge < -0.3 is 10.6 Å². The Morgan fingerprint density at radius 1 is 1.38 bits per heavy atom. The fourth-order valence-electron chi connectivity index (χ4n) is 1.94. The normalized spacial score (nSPS) is 10.2. The fraction of sp³-hybridized carbons (Fsp3) is 0.231. The topological polar surface area (TPSA) is 102 Å². The molecule has 110 valence electrons. The number of aromatic nitrogens is 2. The lowest BCUT2D eigenvalue weighted by Crippen LogP contribution is -2.17. The summed E-state index contributed by atoms with van der Waals surface area (Å²) in [5.41, 5.74) is 1.77. The molecule has 0 bridgehead atoms. The number of rotatable bonds is 4. The summed E-state index contributed by atoms with van der Waals surface area (Å²) >= 11 is 0. The van der Waals surface area contributed by atoms with Gasteiger partial charge in [-0.05, 0) is 19.1 Å². The summed E-state index contributed by atoms with van der Waals surface area (Å²) < 4.78 is 1.61. The summed E-state index contributed by atoms with van der Waals surface area (Å²) in [4.78, 5) is 22.2. The highest BCUT2D eigenvalue weighted by Gasteiger charge is 2.18. The molecular weight excluding hydrogens is 274 g/mol. The Morgan fingerprint density at radius 3 is 2.62 bits per heavy atom. The van der Waals surface area contributed by atoms with E-state index in [0.29, 0.717) is 11.4 Å². The minimum atomic E-state index is -0.527. The lowest BCUT2D eigenvalue weighted by atomic mass is 10.1. The van der Waals surface area contributed by atoms with E-state index in [4.69, 9.17) is 0 Å². The van der Waals surface area contributed by atoms with Crippen molar-refractivity contribution in [2.75, 3.05) is 12.4 Å². The van der Waals surface area contributed by atoms with Crippen LogP contribution in [-0.4, -0.2) is 27.7 Å². The van der Waals surface area contributed by atoms with Crippen LogP contribution in [0.1, 0.15) is 16.1 Å². The summed E-state index contributed by atoms with van der Waals surface area (Å²) in [5, 5.41) is 20.7. The maximum absolute atomic E-state index is 11.5. The lowest BCUT2D eigenvalue weighted by Gasteiger charge is -2.07. The van der Waals surface area contributed by atoms with Gasteiger partial charge in [-0.1, -0.05) is 0 Å². The molecule has 8 nitrogen and oxygen atoms in total. The van der Waals surface area contributed by atoms with Crippen molar-refractivity contribution in [1.82, 2.24) is 15.1 Å². The molecule has 1 amide bonds. The number of hydrogen-bond donors (Lipinski definition) is 2.